The highest BCUT2D eigenvalue weighted by Gasteiger charge is 2.43. The van der Waals surface area contributed by atoms with Crippen molar-refractivity contribution in [3.63, 3.8) is 0 Å². The fraction of sp³-hybridized carbons (Fsp3) is 0.222. The first-order chi connectivity index (χ1) is 11.5. The van der Waals surface area contributed by atoms with Crippen molar-refractivity contribution in [1.82, 2.24) is 5.32 Å². The van der Waals surface area contributed by atoms with Gasteiger partial charge >= 0.3 is 5.97 Å². The SMILES string of the molecule is CSC(N)C[C@](NC(=O)c1ccccc1)(C(=O)O)c1ccccc1. The summed E-state index contributed by atoms with van der Waals surface area (Å²) in [6.45, 7) is 0. The van der Waals surface area contributed by atoms with Gasteiger partial charge in [0.1, 0.15) is 0 Å². The van der Waals surface area contributed by atoms with Gasteiger partial charge in [0, 0.05) is 12.0 Å². The number of nitrogens with one attached hydrogen (secondary N) is 1. The Morgan fingerprint density at radius 1 is 1.12 bits per heavy atom. The van der Waals surface area contributed by atoms with E-state index in [1.165, 1.54) is 11.8 Å². The molecule has 0 saturated carbocycles. The summed E-state index contributed by atoms with van der Waals surface area (Å²) in [6.07, 6.45) is 1.88. The number of nitrogens with two attached hydrogens (primary N) is 1. The minimum atomic E-state index is -1.59. The number of benzene rings is 2. The lowest BCUT2D eigenvalue weighted by molar-refractivity contribution is -0.145. The summed E-state index contributed by atoms with van der Waals surface area (Å²) in [5.41, 5.74) is 5.30. The molecule has 0 aliphatic heterocycles. The van der Waals surface area contributed by atoms with Crippen LogP contribution in [0, 0.1) is 0 Å². The number of rotatable bonds is 7. The molecule has 1 amide bonds. The molecule has 2 aromatic rings. The van der Waals surface area contributed by atoms with Crippen molar-refractivity contribution in [1.29, 1.82) is 0 Å². The summed E-state index contributed by atoms with van der Waals surface area (Å²) in [5, 5.41) is 12.2. The molecule has 1 unspecified atom stereocenters. The molecule has 4 N–H and O–H groups in total. The standard InChI is InChI=1S/C18H20N2O3S/c1-24-15(19)12-18(17(22)23,14-10-6-3-7-11-14)20-16(21)13-8-4-2-5-9-13/h2-11,15H,12,19H2,1H3,(H,20,21)(H,22,23)/t15?,18-/m1/s1. The van der Waals surface area contributed by atoms with Crippen molar-refractivity contribution in [2.45, 2.75) is 17.3 Å². The molecule has 0 bridgehead atoms. The Kier molecular flexibility index (Phi) is 6.00. The molecule has 2 aromatic carbocycles. The quantitative estimate of drug-likeness (QED) is 0.671. The van der Waals surface area contributed by atoms with Gasteiger partial charge in [-0.2, -0.15) is 0 Å². The number of aliphatic carboxylic acids is 1. The van der Waals surface area contributed by atoms with Crippen LogP contribution >= 0.6 is 11.8 Å². The van der Waals surface area contributed by atoms with E-state index in [-0.39, 0.29) is 6.42 Å². The molecule has 0 spiro atoms. The first-order valence-electron chi connectivity index (χ1n) is 7.44. The number of carboxylic acid groups (broad SMARTS) is 1. The van der Waals surface area contributed by atoms with Crippen LogP contribution in [0.5, 0.6) is 0 Å². The van der Waals surface area contributed by atoms with Crippen molar-refractivity contribution in [2.24, 2.45) is 5.73 Å². The van der Waals surface area contributed by atoms with Crippen LogP contribution in [-0.2, 0) is 10.3 Å². The normalized spacial score (nSPS) is 14.4. The molecule has 6 heteroatoms. The van der Waals surface area contributed by atoms with Crippen LogP contribution in [-0.4, -0.2) is 28.6 Å². The number of carbonyl (C=O) groups is 2. The maximum absolute atomic E-state index is 12.6. The van der Waals surface area contributed by atoms with E-state index in [1.54, 1.807) is 66.9 Å². The minimum absolute atomic E-state index is 0.0755. The Balaban J connectivity index is 2.45. The van der Waals surface area contributed by atoms with E-state index in [2.05, 4.69) is 5.32 Å². The lowest BCUT2D eigenvalue weighted by Crippen LogP contribution is -2.54. The van der Waals surface area contributed by atoms with Crippen LogP contribution < -0.4 is 11.1 Å². The first kappa shape index (κ1) is 18.0. The van der Waals surface area contributed by atoms with Crippen LogP contribution in [0.2, 0.25) is 0 Å². The molecule has 0 heterocycles. The van der Waals surface area contributed by atoms with Gasteiger partial charge in [0.05, 0.1) is 5.37 Å². The number of thioether (sulfide) groups is 1. The molecule has 0 aromatic heterocycles. The van der Waals surface area contributed by atoms with Crippen molar-refractivity contribution in [3.05, 3.63) is 71.8 Å². The summed E-state index contributed by atoms with van der Waals surface area (Å²) in [5.74, 6) is -1.59. The van der Waals surface area contributed by atoms with Crippen LogP contribution in [0.25, 0.3) is 0 Å². The molecule has 2 rings (SSSR count). The second kappa shape index (κ2) is 7.99. The summed E-state index contributed by atoms with van der Waals surface area (Å²) in [6, 6.07) is 17.2. The molecule has 5 nitrogen and oxygen atoms in total. The third-order valence-electron chi connectivity index (χ3n) is 3.80. The van der Waals surface area contributed by atoms with E-state index in [0.717, 1.165) is 0 Å². The molecule has 126 valence electrons. The van der Waals surface area contributed by atoms with Crippen molar-refractivity contribution >= 4 is 23.6 Å². The third kappa shape index (κ3) is 3.96. The number of carboxylic acids is 1. The van der Waals surface area contributed by atoms with Crippen molar-refractivity contribution < 1.29 is 14.7 Å². The van der Waals surface area contributed by atoms with Crippen molar-refractivity contribution in [3.8, 4) is 0 Å². The summed E-state index contributed by atoms with van der Waals surface area (Å²) < 4.78 is 0. The maximum atomic E-state index is 12.6. The molecule has 2 atom stereocenters. The third-order valence-corrected chi connectivity index (χ3v) is 4.58. The van der Waals surface area contributed by atoms with E-state index in [0.29, 0.717) is 11.1 Å². The Labute approximate surface area is 145 Å². The molecular formula is C18H20N2O3S. The maximum Gasteiger partial charge on any atom is 0.334 e. The van der Waals surface area contributed by atoms with Crippen LogP contribution in [0.3, 0.4) is 0 Å². The van der Waals surface area contributed by atoms with Crippen molar-refractivity contribution in [2.75, 3.05) is 6.26 Å². The summed E-state index contributed by atoms with van der Waals surface area (Å²) >= 11 is 1.35. The molecular weight excluding hydrogens is 324 g/mol. The monoisotopic (exact) mass is 344 g/mol. The van der Waals surface area contributed by atoms with Crippen LogP contribution in [0.4, 0.5) is 0 Å². The predicted octanol–water partition coefficient (Wildman–Crippen LogP) is 2.43. The smallest absolute Gasteiger partial charge is 0.334 e. The van der Waals surface area contributed by atoms with Gasteiger partial charge in [-0.3, -0.25) is 4.79 Å². The number of amides is 1. The summed E-state index contributed by atoms with van der Waals surface area (Å²) in [7, 11) is 0. The number of hydrogen-bond acceptors (Lipinski definition) is 4. The molecule has 0 radical (unpaired) electrons. The first-order valence-corrected chi connectivity index (χ1v) is 8.73. The minimum Gasteiger partial charge on any atom is -0.479 e. The van der Waals surface area contributed by atoms with Gasteiger partial charge < -0.3 is 16.2 Å². The van der Waals surface area contributed by atoms with E-state index < -0.39 is 22.8 Å². The highest BCUT2D eigenvalue weighted by Crippen LogP contribution is 2.29. The zero-order chi connectivity index (χ0) is 17.6. The molecule has 24 heavy (non-hydrogen) atoms. The van der Waals surface area contributed by atoms with Gasteiger partial charge in [0.2, 0.25) is 0 Å². The van der Waals surface area contributed by atoms with Crippen LogP contribution in [0.15, 0.2) is 60.7 Å². The molecule has 0 aliphatic rings. The van der Waals surface area contributed by atoms with Gasteiger partial charge in [0.25, 0.3) is 5.91 Å². The zero-order valence-corrected chi connectivity index (χ0v) is 14.1. The Bertz CT molecular complexity index is 694. The number of hydrogen-bond donors (Lipinski definition) is 3. The Hall–Kier alpha value is -2.31. The average Bonchev–Trinajstić information content (AvgIpc) is 2.62. The second-order valence-electron chi connectivity index (χ2n) is 5.37. The fourth-order valence-electron chi connectivity index (χ4n) is 2.47. The lowest BCUT2D eigenvalue weighted by Gasteiger charge is -2.33. The van der Waals surface area contributed by atoms with Gasteiger partial charge in [-0.15, -0.1) is 11.8 Å². The highest BCUT2D eigenvalue weighted by molar-refractivity contribution is 7.99. The van der Waals surface area contributed by atoms with Gasteiger partial charge in [-0.05, 0) is 24.0 Å². The summed E-state index contributed by atoms with van der Waals surface area (Å²) in [4.78, 5) is 24.7. The van der Waals surface area contributed by atoms with Gasteiger partial charge in [-0.25, -0.2) is 4.79 Å². The predicted molar refractivity (Wildman–Crippen MR) is 95.8 cm³/mol. The van der Waals surface area contributed by atoms with Gasteiger partial charge in [-0.1, -0.05) is 48.5 Å². The fourth-order valence-corrected chi connectivity index (χ4v) is 2.89. The Morgan fingerprint density at radius 3 is 2.17 bits per heavy atom. The lowest BCUT2D eigenvalue weighted by atomic mass is 9.86. The molecule has 0 saturated heterocycles. The van der Waals surface area contributed by atoms with E-state index >= 15 is 0 Å². The van der Waals surface area contributed by atoms with E-state index in [1.807, 2.05) is 0 Å². The van der Waals surface area contributed by atoms with E-state index in [9.17, 15) is 14.7 Å². The topological polar surface area (TPSA) is 92.4 Å². The largest absolute Gasteiger partial charge is 0.479 e. The Morgan fingerprint density at radius 2 is 1.67 bits per heavy atom. The van der Waals surface area contributed by atoms with E-state index in [4.69, 9.17) is 5.73 Å². The zero-order valence-electron chi connectivity index (χ0n) is 13.3. The highest BCUT2D eigenvalue weighted by atomic mass is 32.2. The van der Waals surface area contributed by atoms with Crippen LogP contribution in [0.1, 0.15) is 22.3 Å². The molecule has 0 aliphatic carbocycles. The van der Waals surface area contributed by atoms with Gasteiger partial charge in [0.15, 0.2) is 5.54 Å². The second-order valence-corrected chi connectivity index (χ2v) is 6.45. The number of carbonyl (C=O) groups excluding carboxylic acids is 1. The molecule has 0 fully saturated rings. The average molecular weight is 344 g/mol.